The summed E-state index contributed by atoms with van der Waals surface area (Å²) in [5.41, 5.74) is 0.473. The smallest absolute Gasteiger partial charge is 0.326 e. The van der Waals surface area contributed by atoms with Gasteiger partial charge in [-0.25, -0.2) is 8.42 Å². The fourth-order valence-electron chi connectivity index (χ4n) is 1.22. The number of halogens is 1. The Morgan fingerprint density at radius 2 is 2.00 bits per heavy atom. The molecule has 0 aliphatic rings. The number of anilines is 1. The van der Waals surface area contributed by atoms with Crippen molar-refractivity contribution in [1.82, 2.24) is 0 Å². The molecule has 94 valence electrons. The normalized spacial score (nSPS) is 11.0. The van der Waals surface area contributed by atoms with Crippen molar-refractivity contribution < 1.29 is 17.9 Å². The molecule has 0 bridgehead atoms. The Morgan fingerprint density at radius 1 is 1.41 bits per heavy atom. The minimum Gasteiger partial charge on any atom is -0.468 e. The van der Waals surface area contributed by atoms with Crippen LogP contribution < -0.4 is 4.31 Å². The minimum atomic E-state index is -3.52. The third kappa shape index (κ3) is 3.84. The van der Waals surface area contributed by atoms with E-state index in [0.717, 1.165) is 14.1 Å². The van der Waals surface area contributed by atoms with Crippen molar-refractivity contribution in [3.8, 4) is 0 Å². The van der Waals surface area contributed by atoms with Gasteiger partial charge >= 0.3 is 5.97 Å². The molecule has 17 heavy (non-hydrogen) atoms. The number of carbonyl (C=O) groups is 1. The molecule has 0 aliphatic carbocycles. The molecule has 7 heteroatoms. The summed E-state index contributed by atoms with van der Waals surface area (Å²) < 4.78 is 29.6. The fraction of sp³-hybridized carbons (Fsp3) is 0.300. The lowest BCUT2D eigenvalue weighted by atomic mass is 10.3. The Morgan fingerprint density at radius 3 is 2.47 bits per heavy atom. The molecule has 0 saturated heterocycles. The number of methoxy groups -OCH3 is 1. The van der Waals surface area contributed by atoms with Gasteiger partial charge < -0.3 is 4.74 Å². The number of esters is 1. The van der Waals surface area contributed by atoms with Gasteiger partial charge in [-0.15, -0.1) is 0 Å². The number of benzene rings is 1. The number of ether oxygens (including phenoxy) is 1. The first-order valence-electron chi connectivity index (χ1n) is 4.65. The van der Waals surface area contributed by atoms with E-state index in [9.17, 15) is 13.2 Å². The maximum absolute atomic E-state index is 11.7. The lowest BCUT2D eigenvalue weighted by Gasteiger charge is -2.22. The molecule has 0 amide bonds. The highest BCUT2D eigenvalue weighted by molar-refractivity contribution is 14.1. The van der Waals surface area contributed by atoms with Crippen molar-refractivity contribution in [2.45, 2.75) is 0 Å². The molecule has 0 aromatic heterocycles. The van der Waals surface area contributed by atoms with E-state index in [2.05, 4.69) is 4.74 Å². The van der Waals surface area contributed by atoms with Gasteiger partial charge in [-0.2, -0.15) is 0 Å². The summed E-state index contributed by atoms with van der Waals surface area (Å²) in [5.74, 6) is -0.602. The Kier molecular flexibility index (Phi) is 4.75. The van der Waals surface area contributed by atoms with Gasteiger partial charge in [0, 0.05) is 3.57 Å². The Labute approximate surface area is 114 Å². The molecule has 0 spiro atoms. The van der Waals surface area contributed by atoms with Crippen molar-refractivity contribution in [3.63, 3.8) is 0 Å². The van der Waals surface area contributed by atoms with Crippen LogP contribution in [-0.4, -0.2) is 34.3 Å². The monoisotopic (exact) mass is 369 g/mol. The molecule has 0 unspecified atom stereocenters. The van der Waals surface area contributed by atoms with E-state index < -0.39 is 16.0 Å². The SMILES string of the molecule is COC(=O)CN(c1ccccc1I)S(C)(=O)=O. The first-order valence-corrected chi connectivity index (χ1v) is 7.58. The number of nitrogens with zero attached hydrogens (tertiary/aromatic N) is 1. The molecule has 1 aromatic carbocycles. The van der Waals surface area contributed by atoms with Crippen LogP contribution in [-0.2, 0) is 19.6 Å². The molecule has 1 rings (SSSR count). The van der Waals surface area contributed by atoms with E-state index in [1.54, 1.807) is 24.3 Å². The average Bonchev–Trinajstić information content (AvgIpc) is 2.25. The number of hydrogen-bond donors (Lipinski definition) is 0. The lowest BCUT2D eigenvalue weighted by molar-refractivity contribution is -0.138. The van der Waals surface area contributed by atoms with E-state index in [4.69, 9.17) is 0 Å². The van der Waals surface area contributed by atoms with Crippen molar-refractivity contribution in [1.29, 1.82) is 0 Å². The van der Waals surface area contributed by atoms with Crippen molar-refractivity contribution in [2.75, 3.05) is 24.2 Å². The average molecular weight is 369 g/mol. The van der Waals surface area contributed by atoms with Crippen LogP contribution in [0, 0.1) is 3.57 Å². The fourth-order valence-corrected chi connectivity index (χ4v) is 2.92. The van der Waals surface area contributed by atoms with Gasteiger partial charge in [-0.1, -0.05) is 12.1 Å². The van der Waals surface area contributed by atoms with Crippen LogP contribution in [0.1, 0.15) is 0 Å². The topological polar surface area (TPSA) is 63.7 Å². The Balaban J connectivity index is 3.17. The summed E-state index contributed by atoms with van der Waals surface area (Å²) in [7, 11) is -2.30. The van der Waals surface area contributed by atoms with Gasteiger partial charge in [0.15, 0.2) is 0 Å². The second-order valence-electron chi connectivity index (χ2n) is 3.30. The minimum absolute atomic E-state index is 0.324. The predicted molar refractivity (Wildman–Crippen MR) is 73.4 cm³/mol. The molecule has 0 fully saturated rings. The molecular formula is C10H12INO4S. The van der Waals surface area contributed by atoms with Crippen molar-refractivity contribution in [2.24, 2.45) is 0 Å². The lowest BCUT2D eigenvalue weighted by Crippen LogP contribution is -2.35. The highest BCUT2D eigenvalue weighted by Crippen LogP contribution is 2.24. The molecule has 0 atom stereocenters. The molecule has 0 aliphatic heterocycles. The van der Waals surface area contributed by atoms with Crippen LogP contribution in [0.5, 0.6) is 0 Å². The highest BCUT2D eigenvalue weighted by atomic mass is 127. The summed E-state index contributed by atoms with van der Waals surface area (Å²) in [4.78, 5) is 11.2. The molecule has 0 N–H and O–H groups in total. The summed E-state index contributed by atoms with van der Waals surface area (Å²) in [5, 5.41) is 0. The third-order valence-electron chi connectivity index (χ3n) is 2.02. The number of rotatable bonds is 4. The van der Waals surface area contributed by atoms with Gasteiger partial charge in [0.1, 0.15) is 6.54 Å². The van der Waals surface area contributed by atoms with Gasteiger partial charge in [0.05, 0.1) is 19.1 Å². The zero-order valence-corrected chi connectivity index (χ0v) is 12.4. The summed E-state index contributed by atoms with van der Waals surface area (Å²) in [6.07, 6.45) is 1.05. The maximum Gasteiger partial charge on any atom is 0.326 e. The van der Waals surface area contributed by atoms with Gasteiger partial charge in [0.25, 0.3) is 0 Å². The highest BCUT2D eigenvalue weighted by Gasteiger charge is 2.22. The summed E-state index contributed by atoms with van der Waals surface area (Å²) >= 11 is 2.02. The number of hydrogen-bond acceptors (Lipinski definition) is 4. The van der Waals surface area contributed by atoms with Crippen LogP contribution in [0.15, 0.2) is 24.3 Å². The molecule has 5 nitrogen and oxygen atoms in total. The Bertz CT molecular complexity index is 515. The van der Waals surface area contributed by atoms with E-state index in [1.165, 1.54) is 7.11 Å². The molecular weight excluding hydrogens is 357 g/mol. The predicted octanol–water partition coefficient (Wildman–Crippen LogP) is 1.23. The van der Waals surface area contributed by atoms with Gasteiger partial charge in [0.2, 0.25) is 10.0 Å². The first-order chi connectivity index (χ1) is 7.86. The van der Waals surface area contributed by atoms with Crippen LogP contribution in [0.4, 0.5) is 5.69 Å². The third-order valence-corrected chi connectivity index (χ3v) is 4.06. The van der Waals surface area contributed by atoms with Crippen molar-refractivity contribution >= 4 is 44.3 Å². The van der Waals surface area contributed by atoms with E-state index in [-0.39, 0.29) is 6.54 Å². The summed E-state index contributed by atoms with van der Waals surface area (Å²) in [6, 6.07) is 6.92. The zero-order valence-electron chi connectivity index (χ0n) is 9.38. The second kappa shape index (κ2) is 5.67. The van der Waals surface area contributed by atoms with E-state index in [0.29, 0.717) is 5.69 Å². The zero-order chi connectivity index (χ0) is 13.1. The molecule has 0 heterocycles. The number of carbonyl (C=O) groups excluding carboxylic acids is 1. The van der Waals surface area contributed by atoms with Crippen LogP contribution >= 0.6 is 22.6 Å². The quantitative estimate of drug-likeness (QED) is 0.592. The van der Waals surface area contributed by atoms with Gasteiger partial charge in [-0.3, -0.25) is 9.10 Å². The van der Waals surface area contributed by atoms with Crippen LogP contribution in [0.3, 0.4) is 0 Å². The molecule has 0 saturated carbocycles. The van der Waals surface area contributed by atoms with Crippen LogP contribution in [0.2, 0.25) is 0 Å². The van der Waals surface area contributed by atoms with E-state index >= 15 is 0 Å². The summed E-state index contributed by atoms with van der Waals surface area (Å²) in [6.45, 7) is -0.324. The number of para-hydroxylation sites is 1. The maximum atomic E-state index is 11.7. The Hall–Kier alpha value is -0.830. The standard InChI is InChI=1S/C10H12INO4S/c1-16-10(13)7-12(17(2,14)15)9-6-4-3-5-8(9)11/h3-6H,7H2,1-2H3. The van der Waals surface area contributed by atoms with Gasteiger partial charge in [-0.05, 0) is 34.7 Å². The number of sulfonamides is 1. The van der Waals surface area contributed by atoms with Crippen molar-refractivity contribution in [3.05, 3.63) is 27.8 Å². The second-order valence-corrected chi connectivity index (χ2v) is 6.37. The largest absolute Gasteiger partial charge is 0.468 e. The van der Waals surface area contributed by atoms with Crippen LogP contribution in [0.25, 0.3) is 0 Å². The first kappa shape index (κ1) is 14.2. The molecule has 1 aromatic rings. The van der Waals surface area contributed by atoms with E-state index in [1.807, 2.05) is 22.6 Å². The molecule has 0 radical (unpaired) electrons.